The van der Waals surface area contributed by atoms with Crippen LogP contribution in [0.4, 0.5) is 0 Å². The number of aliphatic hydroxyl groups excluding tert-OH is 1. The highest BCUT2D eigenvalue weighted by atomic mass is 16.3. The van der Waals surface area contributed by atoms with Gasteiger partial charge in [0.2, 0.25) is 0 Å². The normalized spacial score (nSPS) is 11.1. The van der Waals surface area contributed by atoms with E-state index in [-0.39, 0.29) is 6.73 Å². The molecule has 0 aromatic carbocycles. The highest BCUT2D eigenvalue weighted by Crippen LogP contribution is 1.76. The first kappa shape index (κ1) is 7.30. The van der Waals surface area contributed by atoms with Crippen LogP contribution in [0.15, 0.2) is 11.9 Å². The molecular formula is C5H12N2O. The summed E-state index contributed by atoms with van der Waals surface area (Å²) < 4.78 is 0. The minimum atomic E-state index is -0.0149. The van der Waals surface area contributed by atoms with Gasteiger partial charge in [0.05, 0.1) is 0 Å². The second kappa shape index (κ2) is 4.46. The molecule has 0 saturated heterocycles. The van der Waals surface area contributed by atoms with Crippen LogP contribution >= 0.6 is 0 Å². The van der Waals surface area contributed by atoms with E-state index >= 15 is 0 Å². The monoisotopic (exact) mass is 116 g/mol. The van der Waals surface area contributed by atoms with Crippen molar-refractivity contribution in [3.8, 4) is 0 Å². The molecule has 0 aromatic rings. The molecule has 3 N–H and O–H groups in total. The van der Waals surface area contributed by atoms with E-state index in [9.17, 15) is 0 Å². The molecule has 0 aromatic heterocycles. The maximum Gasteiger partial charge on any atom is 0.112 e. The lowest BCUT2D eigenvalue weighted by Gasteiger charge is -1.97. The Morgan fingerprint density at radius 1 is 1.75 bits per heavy atom. The zero-order valence-corrected chi connectivity index (χ0v) is 5.23. The Bertz CT molecular complexity index is 80.5. The van der Waals surface area contributed by atoms with E-state index in [2.05, 4.69) is 10.6 Å². The van der Waals surface area contributed by atoms with Crippen molar-refractivity contribution in [3.63, 3.8) is 0 Å². The molecule has 48 valence electrons. The first-order valence-electron chi connectivity index (χ1n) is 2.50. The number of allylic oxidation sites excluding steroid dienone is 1. The van der Waals surface area contributed by atoms with E-state index in [1.54, 1.807) is 6.20 Å². The molecule has 0 aliphatic carbocycles. The van der Waals surface area contributed by atoms with Gasteiger partial charge in [-0.3, -0.25) is 0 Å². The molecule has 0 saturated carbocycles. The molecule has 0 bridgehead atoms. The molecule has 0 amide bonds. The van der Waals surface area contributed by atoms with Crippen LogP contribution in [0.5, 0.6) is 0 Å². The van der Waals surface area contributed by atoms with Crippen LogP contribution in [0, 0.1) is 0 Å². The minimum Gasteiger partial charge on any atom is -0.390 e. The predicted molar refractivity (Wildman–Crippen MR) is 33.0 cm³/mol. The van der Waals surface area contributed by atoms with Gasteiger partial charge in [-0.15, -0.1) is 0 Å². The van der Waals surface area contributed by atoms with Gasteiger partial charge < -0.3 is 15.7 Å². The van der Waals surface area contributed by atoms with Gasteiger partial charge in [0, 0.05) is 18.9 Å². The third kappa shape index (κ3) is 3.49. The highest BCUT2D eigenvalue weighted by Gasteiger charge is 1.76. The van der Waals surface area contributed by atoms with Gasteiger partial charge in [0.15, 0.2) is 0 Å². The molecule has 0 unspecified atom stereocenters. The van der Waals surface area contributed by atoms with Gasteiger partial charge in [-0.2, -0.15) is 0 Å². The van der Waals surface area contributed by atoms with Crippen molar-refractivity contribution in [3.05, 3.63) is 11.9 Å². The first-order valence-corrected chi connectivity index (χ1v) is 2.50. The fourth-order valence-corrected chi connectivity index (χ4v) is 0.271. The van der Waals surface area contributed by atoms with E-state index in [1.807, 2.05) is 14.0 Å². The second-order valence-electron chi connectivity index (χ2n) is 1.44. The Balaban J connectivity index is 3.26. The summed E-state index contributed by atoms with van der Waals surface area (Å²) in [7, 11) is 1.82. The quantitative estimate of drug-likeness (QED) is 0.440. The topological polar surface area (TPSA) is 44.3 Å². The summed E-state index contributed by atoms with van der Waals surface area (Å²) in [6.07, 6.45) is 1.71. The molecule has 0 heterocycles. The fraction of sp³-hybridized carbons (Fsp3) is 0.600. The van der Waals surface area contributed by atoms with Crippen molar-refractivity contribution in [1.29, 1.82) is 0 Å². The average molecular weight is 116 g/mol. The van der Waals surface area contributed by atoms with Crippen LogP contribution in [0.1, 0.15) is 6.92 Å². The summed E-state index contributed by atoms with van der Waals surface area (Å²) >= 11 is 0. The zero-order valence-electron chi connectivity index (χ0n) is 5.23. The summed E-state index contributed by atoms with van der Waals surface area (Å²) in [4.78, 5) is 0. The maximum absolute atomic E-state index is 8.23. The third-order valence-electron chi connectivity index (χ3n) is 0.804. The average Bonchev–Trinajstić information content (AvgIpc) is 1.83. The van der Waals surface area contributed by atoms with Gasteiger partial charge in [0.1, 0.15) is 6.73 Å². The molecule has 0 fully saturated rings. The number of nitrogens with one attached hydrogen (secondary N) is 2. The molecule has 0 aliphatic heterocycles. The molecule has 0 atom stereocenters. The van der Waals surface area contributed by atoms with Crippen molar-refractivity contribution in [2.75, 3.05) is 13.8 Å². The number of hydrogen-bond acceptors (Lipinski definition) is 3. The van der Waals surface area contributed by atoms with Crippen molar-refractivity contribution in [2.24, 2.45) is 0 Å². The van der Waals surface area contributed by atoms with Crippen LogP contribution in [0.3, 0.4) is 0 Å². The van der Waals surface area contributed by atoms with E-state index in [0.717, 1.165) is 5.70 Å². The zero-order chi connectivity index (χ0) is 6.41. The number of aliphatic hydroxyl groups is 1. The first-order chi connectivity index (χ1) is 3.81. The van der Waals surface area contributed by atoms with Crippen LogP contribution in [0.2, 0.25) is 0 Å². The third-order valence-corrected chi connectivity index (χ3v) is 0.804. The highest BCUT2D eigenvalue weighted by molar-refractivity contribution is 4.91. The summed E-state index contributed by atoms with van der Waals surface area (Å²) in [5.74, 6) is 0. The predicted octanol–water partition coefficient (Wildman–Crippen LogP) is -0.394. The smallest absolute Gasteiger partial charge is 0.112 e. The largest absolute Gasteiger partial charge is 0.390 e. The number of hydrogen-bond donors (Lipinski definition) is 3. The van der Waals surface area contributed by atoms with Gasteiger partial charge in [-0.25, -0.2) is 0 Å². The SMILES string of the molecule is CN/C(C)=C/NCO. The van der Waals surface area contributed by atoms with Crippen molar-refractivity contribution >= 4 is 0 Å². The van der Waals surface area contributed by atoms with Crippen molar-refractivity contribution in [2.45, 2.75) is 6.92 Å². The lowest BCUT2D eigenvalue weighted by molar-refractivity contribution is 0.279. The fourth-order valence-electron chi connectivity index (χ4n) is 0.271. The van der Waals surface area contributed by atoms with Crippen LogP contribution < -0.4 is 10.6 Å². The lowest BCUT2D eigenvalue weighted by Crippen LogP contribution is -2.11. The Morgan fingerprint density at radius 2 is 2.38 bits per heavy atom. The molecule has 3 nitrogen and oxygen atoms in total. The molecule has 0 radical (unpaired) electrons. The Kier molecular flexibility index (Phi) is 4.07. The van der Waals surface area contributed by atoms with E-state index in [0.29, 0.717) is 0 Å². The Hall–Kier alpha value is -0.700. The molecule has 3 heteroatoms. The Labute approximate surface area is 49.4 Å². The lowest BCUT2D eigenvalue weighted by atomic mass is 10.5. The van der Waals surface area contributed by atoms with Gasteiger partial charge >= 0.3 is 0 Å². The summed E-state index contributed by atoms with van der Waals surface area (Å²) in [6.45, 7) is 1.89. The molecule has 0 aliphatic rings. The van der Waals surface area contributed by atoms with Crippen LogP contribution in [-0.4, -0.2) is 18.9 Å². The van der Waals surface area contributed by atoms with E-state index in [1.165, 1.54) is 0 Å². The molecular weight excluding hydrogens is 104 g/mol. The summed E-state index contributed by atoms with van der Waals surface area (Å²) in [5, 5.41) is 13.7. The van der Waals surface area contributed by atoms with Crippen LogP contribution in [-0.2, 0) is 0 Å². The summed E-state index contributed by atoms with van der Waals surface area (Å²) in [6, 6.07) is 0. The van der Waals surface area contributed by atoms with Crippen molar-refractivity contribution < 1.29 is 5.11 Å². The van der Waals surface area contributed by atoms with Gasteiger partial charge in [-0.1, -0.05) is 0 Å². The van der Waals surface area contributed by atoms with Crippen molar-refractivity contribution in [1.82, 2.24) is 10.6 Å². The van der Waals surface area contributed by atoms with Gasteiger partial charge in [-0.05, 0) is 6.92 Å². The summed E-state index contributed by atoms with van der Waals surface area (Å²) in [5.41, 5.74) is 0.999. The molecule has 0 spiro atoms. The van der Waals surface area contributed by atoms with E-state index in [4.69, 9.17) is 5.11 Å². The standard InChI is InChI=1S/C5H12N2O/c1-5(6-2)3-7-4-8/h3,6-8H,4H2,1-2H3/b5-3+. The van der Waals surface area contributed by atoms with E-state index < -0.39 is 0 Å². The van der Waals surface area contributed by atoms with Gasteiger partial charge in [0.25, 0.3) is 0 Å². The minimum absolute atomic E-state index is 0.0149. The number of rotatable bonds is 3. The maximum atomic E-state index is 8.23. The van der Waals surface area contributed by atoms with Crippen LogP contribution in [0.25, 0.3) is 0 Å². The second-order valence-corrected chi connectivity index (χ2v) is 1.44. The molecule has 0 rings (SSSR count). The Morgan fingerprint density at radius 3 is 2.75 bits per heavy atom. The molecule has 8 heavy (non-hydrogen) atoms.